The predicted molar refractivity (Wildman–Crippen MR) is 90.9 cm³/mol. The number of likely N-dealkylation sites (N-methyl/N-ethyl adjacent to an activating group) is 1. The van der Waals surface area contributed by atoms with Crippen LogP contribution in [0.3, 0.4) is 0 Å². The Morgan fingerprint density at radius 3 is 2.67 bits per heavy atom. The molecule has 1 rings (SSSR count). The predicted octanol–water partition coefficient (Wildman–Crippen LogP) is 3.31. The quantitative estimate of drug-likeness (QED) is 0.670. The van der Waals surface area contributed by atoms with E-state index >= 15 is 0 Å². The Hall–Kier alpha value is -0.900. The third-order valence-corrected chi connectivity index (χ3v) is 3.82. The Bertz CT molecular complexity index is 406. The highest BCUT2D eigenvalue weighted by atomic mass is 16.5. The minimum absolute atomic E-state index is 0.401. The largest absolute Gasteiger partial charge is 0.385 e. The van der Waals surface area contributed by atoms with Gasteiger partial charge in [0.05, 0.1) is 0 Å². The highest BCUT2D eigenvalue weighted by molar-refractivity contribution is 5.33. The first-order valence-corrected chi connectivity index (χ1v) is 8.06. The lowest BCUT2D eigenvalue weighted by Gasteiger charge is -2.26. The monoisotopic (exact) mass is 292 g/mol. The highest BCUT2D eigenvalue weighted by Crippen LogP contribution is 2.20. The molecule has 0 heterocycles. The summed E-state index contributed by atoms with van der Waals surface area (Å²) in [7, 11) is 3.96. The number of benzene rings is 1. The van der Waals surface area contributed by atoms with E-state index in [0.717, 1.165) is 39.1 Å². The maximum absolute atomic E-state index is 5.14. The van der Waals surface area contributed by atoms with Crippen LogP contribution in [-0.4, -0.2) is 45.3 Å². The van der Waals surface area contributed by atoms with Gasteiger partial charge in [-0.3, -0.25) is 0 Å². The fraction of sp³-hybridized carbons (Fsp3) is 0.667. The van der Waals surface area contributed by atoms with Crippen molar-refractivity contribution in [2.75, 3.05) is 40.4 Å². The average molecular weight is 292 g/mol. The molecule has 3 heteroatoms. The van der Waals surface area contributed by atoms with Gasteiger partial charge in [-0.2, -0.15) is 0 Å². The lowest BCUT2D eigenvalue weighted by atomic mass is 9.98. The molecule has 0 saturated heterocycles. The minimum atomic E-state index is 0.401. The maximum atomic E-state index is 5.14. The van der Waals surface area contributed by atoms with Crippen LogP contribution in [0.5, 0.6) is 0 Å². The Labute approximate surface area is 130 Å². The number of methoxy groups -OCH3 is 1. The van der Waals surface area contributed by atoms with Gasteiger partial charge in [-0.25, -0.2) is 0 Å². The number of ether oxygens (including phenoxy) is 1. The second-order valence-electron chi connectivity index (χ2n) is 5.98. The molecule has 0 bridgehead atoms. The molecule has 3 nitrogen and oxygen atoms in total. The molecule has 1 aromatic rings. The molecule has 1 N–H and O–H groups in total. The smallest absolute Gasteiger partial charge is 0.0474 e. The van der Waals surface area contributed by atoms with Crippen molar-refractivity contribution >= 4 is 0 Å². The van der Waals surface area contributed by atoms with Crippen molar-refractivity contribution in [2.24, 2.45) is 0 Å². The van der Waals surface area contributed by atoms with Gasteiger partial charge in [0.25, 0.3) is 0 Å². The second-order valence-corrected chi connectivity index (χ2v) is 5.98. The van der Waals surface area contributed by atoms with Gasteiger partial charge in [-0.05, 0) is 51.4 Å². The number of hydrogen-bond acceptors (Lipinski definition) is 3. The summed E-state index contributed by atoms with van der Waals surface area (Å²) in [5.74, 6) is 0. The van der Waals surface area contributed by atoms with Crippen molar-refractivity contribution in [1.82, 2.24) is 10.2 Å². The molecule has 0 aliphatic carbocycles. The first kappa shape index (κ1) is 18.1. The van der Waals surface area contributed by atoms with Crippen LogP contribution in [0.2, 0.25) is 0 Å². The van der Waals surface area contributed by atoms with E-state index in [1.807, 2.05) is 0 Å². The molecule has 0 spiro atoms. The van der Waals surface area contributed by atoms with E-state index in [1.165, 1.54) is 16.7 Å². The van der Waals surface area contributed by atoms with Gasteiger partial charge < -0.3 is 15.0 Å². The first-order valence-electron chi connectivity index (χ1n) is 8.06. The zero-order chi connectivity index (χ0) is 15.7. The summed E-state index contributed by atoms with van der Waals surface area (Å²) in [6, 6.07) is 7.17. The molecule has 21 heavy (non-hydrogen) atoms. The molecule has 0 radical (unpaired) electrons. The summed E-state index contributed by atoms with van der Waals surface area (Å²) in [5, 5.41) is 3.69. The van der Waals surface area contributed by atoms with Crippen LogP contribution in [0.15, 0.2) is 18.2 Å². The van der Waals surface area contributed by atoms with Gasteiger partial charge in [0.15, 0.2) is 0 Å². The van der Waals surface area contributed by atoms with Crippen LogP contribution in [-0.2, 0) is 4.74 Å². The summed E-state index contributed by atoms with van der Waals surface area (Å²) in [4.78, 5) is 2.39. The SMILES string of the molecule is CCCNC(CN(C)CCCOC)c1ccc(C)cc1C. The molecule has 0 aliphatic rings. The molecule has 0 aromatic heterocycles. The van der Waals surface area contributed by atoms with E-state index in [2.05, 4.69) is 56.2 Å². The normalized spacial score (nSPS) is 12.9. The number of aryl methyl sites for hydroxylation is 2. The van der Waals surface area contributed by atoms with E-state index in [1.54, 1.807) is 7.11 Å². The van der Waals surface area contributed by atoms with Crippen LogP contribution in [0, 0.1) is 13.8 Å². The van der Waals surface area contributed by atoms with Gasteiger partial charge in [-0.15, -0.1) is 0 Å². The zero-order valence-electron chi connectivity index (χ0n) is 14.4. The van der Waals surface area contributed by atoms with Crippen molar-refractivity contribution in [2.45, 2.75) is 39.7 Å². The summed E-state index contributed by atoms with van der Waals surface area (Å²) < 4.78 is 5.14. The number of nitrogens with zero attached hydrogens (tertiary/aromatic N) is 1. The third-order valence-electron chi connectivity index (χ3n) is 3.82. The van der Waals surface area contributed by atoms with E-state index in [9.17, 15) is 0 Å². The van der Waals surface area contributed by atoms with Gasteiger partial charge in [-0.1, -0.05) is 30.7 Å². The van der Waals surface area contributed by atoms with Crippen LogP contribution >= 0.6 is 0 Å². The van der Waals surface area contributed by atoms with Gasteiger partial charge in [0.2, 0.25) is 0 Å². The maximum Gasteiger partial charge on any atom is 0.0474 e. The summed E-state index contributed by atoms with van der Waals surface area (Å²) in [5.41, 5.74) is 4.14. The lowest BCUT2D eigenvalue weighted by Crippen LogP contribution is -2.34. The van der Waals surface area contributed by atoms with Crippen LogP contribution < -0.4 is 5.32 Å². The van der Waals surface area contributed by atoms with Crippen LogP contribution in [0.1, 0.15) is 42.5 Å². The number of nitrogens with one attached hydrogen (secondary N) is 1. The molecule has 120 valence electrons. The molecule has 0 saturated carbocycles. The first-order chi connectivity index (χ1) is 10.1. The van der Waals surface area contributed by atoms with Gasteiger partial charge in [0.1, 0.15) is 0 Å². The Morgan fingerprint density at radius 1 is 1.29 bits per heavy atom. The minimum Gasteiger partial charge on any atom is -0.385 e. The van der Waals surface area contributed by atoms with E-state index in [4.69, 9.17) is 4.74 Å². The number of hydrogen-bond donors (Lipinski definition) is 1. The summed E-state index contributed by atoms with van der Waals surface area (Å²) in [6.45, 7) is 10.6. The number of rotatable bonds is 10. The van der Waals surface area contributed by atoms with E-state index in [0.29, 0.717) is 6.04 Å². The average Bonchev–Trinajstić information content (AvgIpc) is 2.44. The van der Waals surface area contributed by atoms with Gasteiger partial charge in [0, 0.05) is 32.8 Å². The molecular formula is C18H32N2O. The van der Waals surface area contributed by atoms with Crippen molar-refractivity contribution < 1.29 is 4.74 Å². The van der Waals surface area contributed by atoms with Crippen molar-refractivity contribution in [1.29, 1.82) is 0 Å². The molecule has 1 atom stereocenters. The topological polar surface area (TPSA) is 24.5 Å². The molecule has 0 fully saturated rings. The van der Waals surface area contributed by atoms with Gasteiger partial charge >= 0.3 is 0 Å². The fourth-order valence-corrected chi connectivity index (χ4v) is 2.69. The molecule has 1 aromatic carbocycles. The molecule has 0 amide bonds. The van der Waals surface area contributed by atoms with E-state index in [-0.39, 0.29) is 0 Å². The molecular weight excluding hydrogens is 260 g/mol. The van der Waals surface area contributed by atoms with E-state index < -0.39 is 0 Å². The third kappa shape index (κ3) is 6.60. The summed E-state index contributed by atoms with van der Waals surface area (Å²) in [6.07, 6.45) is 2.25. The van der Waals surface area contributed by atoms with Crippen molar-refractivity contribution in [3.63, 3.8) is 0 Å². The van der Waals surface area contributed by atoms with Crippen LogP contribution in [0.4, 0.5) is 0 Å². The van der Waals surface area contributed by atoms with Crippen molar-refractivity contribution in [3.05, 3.63) is 34.9 Å². The molecule has 1 unspecified atom stereocenters. The highest BCUT2D eigenvalue weighted by Gasteiger charge is 2.15. The van der Waals surface area contributed by atoms with Crippen LogP contribution in [0.25, 0.3) is 0 Å². The Balaban J connectivity index is 2.70. The Kier molecular flexibility index (Phi) is 8.58. The Morgan fingerprint density at radius 2 is 2.05 bits per heavy atom. The fourth-order valence-electron chi connectivity index (χ4n) is 2.69. The second kappa shape index (κ2) is 9.93. The summed E-state index contributed by atoms with van der Waals surface area (Å²) >= 11 is 0. The lowest BCUT2D eigenvalue weighted by molar-refractivity contribution is 0.176. The van der Waals surface area contributed by atoms with Crippen molar-refractivity contribution in [3.8, 4) is 0 Å². The standard InChI is InChI=1S/C18H32N2O/c1-6-10-19-18(14-20(4)11-7-12-21-5)17-9-8-15(2)13-16(17)3/h8-9,13,18-19H,6-7,10-12,14H2,1-5H3. The zero-order valence-corrected chi connectivity index (χ0v) is 14.4. The molecule has 0 aliphatic heterocycles.